The quantitative estimate of drug-likeness (QED) is 0.875. The predicted molar refractivity (Wildman–Crippen MR) is 87.6 cm³/mol. The molecule has 5 heteroatoms. The van der Waals surface area contributed by atoms with Crippen molar-refractivity contribution in [1.29, 1.82) is 0 Å². The number of nitrogens with zero attached hydrogens (tertiary/aromatic N) is 1. The fraction of sp³-hybridized carbons (Fsp3) is 0.556. The van der Waals surface area contributed by atoms with Crippen LogP contribution in [0.2, 0.25) is 0 Å². The van der Waals surface area contributed by atoms with Gasteiger partial charge in [-0.25, -0.2) is 0 Å². The summed E-state index contributed by atoms with van der Waals surface area (Å²) in [6, 6.07) is 7.66. The molecule has 126 valence electrons. The number of benzene rings is 1. The molecule has 0 saturated heterocycles. The Morgan fingerprint density at radius 2 is 1.83 bits per heavy atom. The van der Waals surface area contributed by atoms with Crippen LogP contribution in [-0.4, -0.2) is 42.6 Å². The number of rotatable bonds is 6. The molecule has 1 saturated carbocycles. The fourth-order valence-electron chi connectivity index (χ4n) is 3.45. The summed E-state index contributed by atoms with van der Waals surface area (Å²) in [5.74, 6) is -0.664. The molecule has 2 rings (SSSR count). The zero-order valence-electron chi connectivity index (χ0n) is 14.0. The van der Waals surface area contributed by atoms with Gasteiger partial charge >= 0.3 is 5.97 Å². The zero-order chi connectivity index (χ0) is 17.0. The summed E-state index contributed by atoms with van der Waals surface area (Å²) < 4.78 is 5.19. The van der Waals surface area contributed by atoms with Crippen LogP contribution in [0.15, 0.2) is 24.3 Å². The van der Waals surface area contributed by atoms with Crippen LogP contribution < -0.4 is 4.74 Å². The van der Waals surface area contributed by atoms with Crippen LogP contribution in [0.25, 0.3) is 0 Å². The third-order valence-electron chi connectivity index (χ3n) is 4.83. The lowest BCUT2D eigenvalue weighted by atomic mass is 9.77. The summed E-state index contributed by atoms with van der Waals surface area (Å²) in [5, 5.41) is 9.07. The molecule has 1 unspecified atom stereocenters. The third-order valence-corrected chi connectivity index (χ3v) is 4.83. The van der Waals surface area contributed by atoms with Crippen molar-refractivity contribution in [3.63, 3.8) is 0 Å². The zero-order valence-corrected chi connectivity index (χ0v) is 14.0. The second-order valence-corrected chi connectivity index (χ2v) is 6.44. The maximum Gasteiger partial charge on any atom is 0.308 e. The number of carboxylic acids is 1. The van der Waals surface area contributed by atoms with Crippen molar-refractivity contribution in [1.82, 2.24) is 4.90 Å². The van der Waals surface area contributed by atoms with Crippen LogP contribution in [0.3, 0.4) is 0 Å². The van der Waals surface area contributed by atoms with E-state index in [4.69, 9.17) is 9.84 Å². The Bertz CT molecular complexity index is 561. The van der Waals surface area contributed by atoms with E-state index in [1.54, 1.807) is 26.0 Å². The van der Waals surface area contributed by atoms with Gasteiger partial charge in [0.1, 0.15) is 5.75 Å². The molecule has 1 aliphatic carbocycles. The predicted octanol–water partition coefficient (Wildman–Crippen LogP) is 2.69. The van der Waals surface area contributed by atoms with Crippen molar-refractivity contribution in [2.75, 3.05) is 20.7 Å². The normalized spacial score (nSPS) is 17.5. The van der Waals surface area contributed by atoms with Crippen molar-refractivity contribution in [3.8, 4) is 5.75 Å². The molecule has 5 nitrogen and oxygen atoms in total. The van der Waals surface area contributed by atoms with Gasteiger partial charge < -0.3 is 14.7 Å². The second kappa shape index (κ2) is 7.02. The molecular weight excluding hydrogens is 294 g/mol. The Kier molecular flexibility index (Phi) is 5.29. The number of carboxylic acid groups (broad SMARTS) is 1. The first-order valence-corrected chi connectivity index (χ1v) is 8.03. The Morgan fingerprint density at radius 1 is 1.26 bits per heavy atom. The van der Waals surface area contributed by atoms with Gasteiger partial charge in [0, 0.05) is 13.6 Å². The maximum atomic E-state index is 13.1. The van der Waals surface area contributed by atoms with Gasteiger partial charge in [-0.3, -0.25) is 9.59 Å². The van der Waals surface area contributed by atoms with Gasteiger partial charge in [-0.15, -0.1) is 0 Å². The fourth-order valence-corrected chi connectivity index (χ4v) is 3.45. The van der Waals surface area contributed by atoms with E-state index in [9.17, 15) is 9.59 Å². The van der Waals surface area contributed by atoms with Crippen molar-refractivity contribution in [2.24, 2.45) is 5.92 Å². The van der Waals surface area contributed by atoms with Gasteiger partial charge in [-0.05, 0) is 30.5 Å². The van der Waals surface area contributed by atoms with Crippen molar-refractivity contribution in [2.45, 2.75) is 38.0 Å². The molecule has 0 aliphatic heterocycles. The van der Waals surface area contributed by atoms with E-state index in [2.05, 4.69) is 0 Å². The molecule has 0 radical (unpaired) electrons. The molecule has 1 atom stereocenters. The van der Waals surface area contributed by atoms with Gasteiger partial charge in [-0.2, -0.15) is 0 Å². The lowest BCUT2D eigenvalue weighted by Crippen LogP contribution is -2.45. The van der Waals surface area contributed by atoms with E-state index in [0.29, 0.717) is 0 Å². The maximum absolute atomic E-state index is 13.1. The van der Waals surface area contributed by atoms with Crippen LogP contribution in [0, 0.1) is 5.92 Å². The Hall–Kier alpha value is -2.04. The minimum atomic E-state index is -0.880. The highest BCUT2D eigenvalue weighted by molar-refractivity contribution is 5.89. The Balaban J connectivity index is 2.25. The highest BCUT2D eigenvalue weighted by Crippen LogP contribution is 2.43. The number of hydrogen-bond acceptors (Lipinski definition) is 3. The van der Waals surface area contributed by atoms with Crippen LogP contribution in [0.1, 0.15) is 38.2 Å². The first-order valence-electron chi connectivity index (χ1n) is 8.03. The van der Waals surface area contributed by atoms with Crippen LogP contribution in [0.5, 0.6) is 5.75 Å². The first-order chi connectivity index (χ1) is 10.9. The highest BCUT2D eigenvalue weighted by atomic mass is 16.5. The average molecular weight is 319 g/mol. The van der Waals surface area contributed by atoms with Gasteiger partial charge in [0.15, 0.2) is 0 Å². The molecule has 1 aliphatic rings. The van der Waals surface area contributed by atoms with Gasteiger partial charge in [0.2, 0.25) is 5.91 Å². The van der Waals surface area contributed by atoms with Crippen LogP contribution >= 0.6 is 0 Å². The minimum Gasteiger partial charge on any atom is -0.497 e. The molecule has 0 heterocycles. The molecule has 0 bridgehead atoms. The largest absolute Gasteiger partial charge is 0.497 e. The molecule has 23 heavy (non-hydrogen) atoms. The number of ether oxygens (including phenoxy) is 1. The molecule has 0 spiro atoms. The molecular formula is C18H25NO4. The van der Waals surface area contributed by atoms with E-state index in [0.717, 1.165) is 37.0 Å². The number of methoxy groups -OCH3 is 1. The van der Waals surface area contributed by atoms with Gasteiger partial charge in [-0.1, -0.05) is 31.9 Å². The summed E-state index contributed by atoms with van der Waals surface area (Å²) in [7, 11) is 3.32. The minimum absolute atomic E-state index is 0.0215. The van der Waals surface area contributed by atoms with Gasteiger partial charge in [0.05, 0.1) is 18.4 Å². The molecule has 1 aromatic rings. The van der Waals surface area contributed by atoms with Crippen molar-refractivity contribution < 1.29 is 19.4 Å². The van der Waals surface area contributed by atoms with Crippen LogP contribution in [-0.2, 0) is 15.0 Å². The highest BCUT2D eigenvalue weighted by Gasteiger charge is 2.44. The lowest BCUT2D eigenvalue weighted by Gasteiger charge is -2.33. The molecule has 1 fully saturated rings. The van der Waals surface area contributed by atoms with Crippen molar-refractivity contribution >= 4 is 11.9 Å². The number of carbonyl (C=O) groups excluding carboxylic acids is 1. The summed E-state index contributed by atoms with van der Waals surface area (Å²) in [6.45, 7) is 1.85. The number of hydrogen-bond donors (Lipinski definition) is 1. The Labute approximate surface area is 137 Å². The van der Waals surface area contributed by atoms with E-state index in [-0.39, 0.29) is 12.5 Å². The summed E-state index contributed by atoms with van der Waals surface area (Å²) in [5.41, 5.74) is 0.467. The average Bonchev–Trinajstić information content (AvgIpc) is 3.04. The first kappa shape index (κ1) is 17.3. The third kappa shape index (κ3) is 3.49. The van der Waals surface area contributed by atoms with Crippen LogP contribution in [0.4, 0.5) is 0 Å². The molecule has 1 N–H and O–H groups in total. The standard InChI is InChI=1S/C18H25NO4/c1-13(16(20)21)12-19(2)17(22)18(10-4-5-11-18)14-6-8-15(23-3)9-7-14/h6-9,13H,4-5,10-12H2,1-3H3,(H,20,21). The monoisotopic (exact) mass is 319 g/mol. The van der Waals surface area contributed by atoms with E-state index < -0.39 is 17.3 Å². The number of carbonyl (C=O) groups is 2. The van der Waals surface area contributed by atoms with Gasteiger partial charge in [0.25, 0.3) is 0 Å². The van der Waals surface area contributed by atoms with E-state index in [1.807, 2.05) is 24.3 Å². The summed E-state index contributed by atoms with van der Waals surface area (Å²) in [4.78, 5) is 25.7. The summed E-state index contributed by atoms with van der Waals surface area (Å²) in [6.07, 6.45) is 3.65. The van der Waals surface area contributed by atoms with E-state index in [1.165, 1.54) is 0 Å². The number of likely N-dealkylation sites (N-methyl/N-ethyl adjacent to an activating group) is 1. The Morgan fingerprint density at radius 3 is 2.30 bits per heavy atom. The smallest absolute Gasteiger partial charge is 0.308 e. The number of aliphatic carboxylic acids is 1. The van der Waals surface area contributed by atoms with Crippen molar-refractivity contribution in [3.05, 3.63) is 29.8 Å². The van der Waals surface area contributed by atoms with E-state index >= 15 is 0 Å². The lowest BCUT2D eigenvalue weighted by molar-refractivity contribution is -0.143. The molecule has 1 amide bonds. The molecule has 1 aromatic carbocycles. The SMILES string of the molecule is COc1ccc(C2(C(=O)N(C)CC(C)C(=O)O)CCCC2)cc1. The number of amides is 1. The topological polar surface area (TPSA) is 66.8 Å². The second-order valence-electron chi connectivity index (χ2n) is 6.44. The molecule has 0 aromatic heterocycles. The summed E-state index contributed by atoms with van der Waals surface area (Å²) >= 11 is 0.